The molecule has 1 aromatic heterocycles. The van der Waals surface area contributed by atoms with Crippen molar-refractivity contribution in [2.75, 3.05) is 0 Å². The summed E-state index contributed by atoms with van der Waals surface area (Å²) in [5.41, 5.74) is 3.32. The molecule has 3 aromatic rings. The summed E-state index contributed by atoms with van der Waals surface area (Å²) in [7, 11) is 0. The molecule has 0 aliphatic carbocycles. The van der Waals surface area contributed by atoms with Crippen LogP contribution in [0.4, 0.5) is 0 Å². The quantitative estimate of drug-likeness (QED) is 0.669. The molecule has 0 aliphatic rings. The molecular weight excluding hydrogens is 268 g/mol. The summed E-state index contributed by atoms with van der Waals surface area (Å²) >= 11 is 5.89. The number of hydrogen-bond donors (Lipinski definition) is 0. The van der Waals surface area contributed by atoms with E-state index >= 15 is 0 Å². The zero-order valence-corrected chi connectivity index (χ0v) is 12.0. The molecule has 0 aliphatic heterocycles. The van der Waals surface area contributed by atoms with E-state index in [0.29, 0.717) is 0 Å². The molecule has 0 spiro atoms. The standard InChI is InChI=1S/C17H15ClN2/c1-2-20-16-6-4-3-5-15(16)19-17(20)12-9-13-7-10-14(18)11-8-13/h3-12H,2H2,1H3/b12-9+. The predicted octanol–water partition coefficient (Wildman–Crippen LogP) is 4.88. The number of imidazole rings is 1. The molecule has 2 nitrogen and oxygen atoms in total. The van der Waals surface area contributed by atoms with Gasteiger partial charge in [0.15, 0.2) is 0 Å². The lowest BCUT2D eigenvalue weighted by molar-refractivity contribution is 0.777. The predicted molar refractivity (Wildman–Crippen MR) is 85.8 cm³/mol. The van der Waals surface area contributed by atoms with E-state index in [1.165, 1.54) is 5.52 Å². The normalized spacial score (nSPS) is 11.5. The van der Waals surface area contributed by atoms with Gasteiger partial charge in [-0.3, -0.25) is 0 Å². The van der Waals surface area contributed by atoms with Gasteiger partial charge in [-0.1, -0.05) is 41.9 Å². The van der Waals surface area contributed by atoms with Crippen molar-refractivity contribution in [3.8, 4) is 0 Å². The second kappa shape index (κ2) is 5.51. The van der Waals surface area contributed by atoms with Gasteiger partial charge < -0.3 is 4.57 Å². The number of hydrogen-bond acceptors (Lipinski definition) is 1. The fourth-order valence-corrected chi connectivity index (χ4v) is 2.42. The van der Waals surface area contributed by atoms with Gasteiger partial charge >= 0.3 is 0 Å². The number of para-hydroxylation sites is 2. The van der Waals surface area contributed by atoms with Gasteiger partial charge in [0.1, 0.15) is 5.82 Å². The van der Waals surface area contributed by atoms with Crippen LogP contribution < -0.4 is 0 Å². The zero-order valence-electron chi connectivity index (χ0n) is 11.3. The fourth-order valence-electron chi connectivity index (χ4n) is 2.30. The highest BCUT2D eigenvalue weighted by atomic mass is 35.5. The van der Waals surface area contributed by atoms with Gasteiger partial charge in [-0.05, 0) is 42.8 Å². The summed E-state index contributed by atoms with van der Waals surface area (Å²) in [6.07, 6.45) is 4.11. The van der Waals surface area contributed by atoms with E-state index in [4.69, 9.17) is 11.6 Å². The summed E-state index contributed by atoms with van der Waals surface area (Å²) < 4.78 is 2.21. The van der Waals surface area contributed by atoms with E-state index in [1.807, 2.05) is 48.5 Å². The Hall–Kier alpha value is -2.06. The molecule has 3 rings (SSSR count). The number of nitrogens with zero attached hydrogens (tertiary/aromatic N) is 2. The molecule has 0 unspecified atom stereocenters. The van der Waals surface area contributed by atoms with E-state index in [9.17, 15) is 0 Å². The number of benzene rings is 2. The van der Waals surface area contributed by atoms with E-state index in [-0.39, 0.29) is 0 Å². The molecule has 3 heteroatoms. The summed E-state index contributed by atoms with van der Waals surface area (Å²) in [4.78, 5) is 4.67. The second-order valence-corrected chi connectivity index (χ2v) is 5.02. The van der Waals surface area contributed by atoms with E-state index in [1.54, 1.807) is 0 Å². The monoisotopic (exact) mass is 282 g/mol. The lowest BCUT2D eigenvalue weighted by Crippen LogP contribution is -1.96. The first-order valence-corrected chi connectivity index (χ1v) is 7.04. The number of rotatable bonds is 3. The number of halogens is 1. The Balaban J connectivity index is 1.99. The van der Waals surface area contributed by atoms with Gasteiger partial charge in [-0.2, -0.15) is 0 Å². The lowest BCUT2D eigenvalue weighted by atomic mass is 10.2. The molecule has 0 amide bonds. The Morgan fingerprint density at radius 1 is 1.05 bits per heavy atom. The van der Waals surface area contributed by atoms with Gasteiger partial charge in [0.2, 0.25) is 0 Å². The van der Waals surface area contributed by atoms with Crippen LogP contribution >= 0.6 is 11.6 Å². The van der Waals surface area contributed by atoms with Crippen LogP contribution in [0.3, 0.4) is 0 Å². The van der Waals surface area contributed by atoms with Crippen LogP contribution in [-0.2, 0) is 6.54 Å². The molecule has 20 heavy (non-hydrogen) atoms. The maximum atomic E-state index is 5.89. The Kier molecular flexibility index (Phi) is 3.57. The largest absolute Gasteiger partial charge is 0.325 e. The van der Waals surface area contributed by atoms with Crippen LogP contribution in [0.25, 0.3) is 23.2 Å². The number of aromatic nitrogens is 2. The first kappa shape index (κ1) is 12.9. The average molecular weight is 283 g/mol. The van der Waals surface area contributed by atoms with Crippen LogP contribution in [0.5, 0.6) is 0 Å². The topological polar surface area (TPSA) is 17.8 Å². The Morgan fingerprint density at radius 2 is 1.80 bits per heavy atom. The van der Waals surface area contributed by atoms with Crippen LogP contribution in [-0.4, -0.2) is 9.55 Å². The summed E-state index contributed by atoms with van der Waals surface area (Å²) in [6.45, 7) is 3.04. The summed E-state index contributed by atoms with van der Waals surface area (Å²) in [6, 6.07) is 16.0. The molecule has 0 N–H and O–H groups in total. The maximum Gasteiger partial charge on any atom is 0.133 e. The van der Waals surface area contributed by atoms with Gasteiger partial charge in [-0.25, -0.2) is 4.98 Å². The highest BCUT2D eigenvalue weighted by molar-refractivity contribution is 6.30. The van der Waals surface area contributed by atoms with Crippen molar-refractivity contribution in [1.82, 2.24) is 9.55 Å². The van der Waals surface area contributed by atoms with Crippen molar-refractivity contribution in [3.63, 3.8) is 0 Å². The van der Waals surface area contributed by atoms with Crippen LogP contribution in [0.15, 0.2) is 48.5 Å². The van der Waals surface area contributed by atoms with Crippen molar-refractivity contribution >= 4 is 34.8 Å². The number of aryl methyl sites for hydroxylation is 1. The highest BCUT2D eigenvalue weighted by Gasteiger charge is 2.05. The van der Waals surface area contributed by atoms with Crippen molar-refractivity contribution in [2.24, 2.45) is 0 Å². The third-order valence-corrected chi connectivity index (χ3v) is 3.55. The van der Waals surface area contributed by atoms with E-state index < -0.39 is 0 Å². The molecule has 100 valence electrons. The maximum absolute atomic E-state index is 5.89. The van der Waals surface area contributed by atoms with Crippen molar-refractivity contribution in [1.29, 1.82) is 0 Å². The molecular formula is C17H15ClN2. The van der Waals surface area contributed by atoms with Crippen molar-refractivity contribution in [3.05, 3.63) is 64.9 Å². The first-order valence-electron chi connectivity index (χ1n) is 6.67. The molecule has 0 saturated carbocycles. The molecule has 0 radical (unpaired) electrons. The smallest absolute Gasteiger partial charge is 0.133 e. The summed E-state index contributed by atoms with van der Waals surface area (Å²) in [5, 5.41) is 0.753. The van der Waals surface area contributed by atoms with Gasteiger partial charge in [0.05, 0.1) is 11.0 Å². The third kappa shape index (κ3) is 2.47. The average Bonchev–Trinajstić information content (AvgIpc) is 2.84. The summed E-state index contributed by atoms with van der Waals surface area (Å²) in [5.74, 6) is 0.976. The highest BCUT2D eigenvalue weighted by Crippen LogP contribution is 2.18. The van der Waals surface area contributed by atoms with E-state index in [2.05, 4.69) is 28.6 Å². The number of fused-ring (bicyclic) bond motifs is 1. The molecule has 0 saturated heterocycles. The SMILES string of the molecule is CCn1c(/C=C/c2ccc(Cl)cc2)nc2ccccc21. The van der Waals surface area contributed by atoms with Gasteiger partial charge in [0.25, 0.3) is 0 Å². The van der Waals surface area contributed by atoms with E-state index in [0.717, 1.165) is 28.5 Å². The van der Waals surface area contributed by atoms with Gasteiger partial charge in [0, 0.05) is 11.6 Å². The first-order chi connectivity index (χ1) is 9.78. The second-order valence-electron chi connectivity index (χ2n) is 4.59. The van der Waals surface area contributed by atoms with Crippen LogP contribution in [0.1, 0.15) is 18.3 Å². The molecule has 0 bridgehead atoms. The zero-order chi connectivity index (χ0) is 13.9. The fraction of sp³-hybridized carbons (Fsp3) is 0.118. The minimum atomic E-state index is 0.753. The molecule has 2 aromatic carbocycles. The molecule has 0 atom stereocenters. The lowest BCUT2D eigenvalue weighted by Gasteiger charge is -2.02. The third-order valence-electron chi connectivity index (χ3n) is 3.30. The van der Waals surface area contributed by atoms with Crippen LogP contribution in [0.2, 0.25) is 5.02 Å². The van der Waals surface area contributed by atoms with Gasteiger partial charge in [-0.15, -0.1) is 0 Å². The van der Waals surface area contributed by atoms with Crippen molar-refractivity contribution in [2.45, 2.75) is 13.5 Å². The van der Waals surface area contributed by atoms with Crippen LogP contribution in [0, 0.1) is 0 Å². The van der Waals surface area contributed by atoms with Crippen molar-refractivity contribution < 1.29 is 0 Å². The Labute approximate surface area is 123 Å². The Bertz CT molecular complexity index is 754. The molecule has 1 heterocycles. The minimum absolute atomic E-state index is 0.753. The minimum Gasteiger partial charge on any atom is -0.325 e. The Morgan fingerprint density at radius 3 is 2.55 bits per heavy atom. The molecule has 0 fully saturated rings.